The first-order valence-electron chi connectivity index (χ1n) is 5.93. The second kappa shape index (κ2) is 5.83. The smallest absolute Gasteiger partial charge is 0.158 e. The van der Waals surface area contributed by atoms with E-state index in [9.17, 15) is 5.11 Å². The first-order valence-corrected chi connectivity index (χ1v) is 5.93. The van der Waals surface area contributed by atoms with Crippen molar-refractivity contribution in [2.45, 2.75) is 58.3 Å². The van der Waals surface area contributed by atoms with Gasteiger partial charge in [0, 0.05) is 6.42 Å². The number of hydrogen-bond acceptors (Lipinski definition) is 3. The van der Waals surface area contributed by atoms with Crippen LogP contribution in [0.5, 0.6) is 0 Å². The van der Waals surface area contributed by atoms with Crippen LogP contribution in [0.1, 0.15) is 46.5 Å². The maximum atomic E-state index is 9.57. The topological polar surface area (TPSA) is 38.7 Å². The first-order chi connectivity index (χ1) is 6.97. The maximum absolute atomic E-state index is 9.57. The predicted octanol–water partition coefficient (Wildman–Crippen LogP) is 2.33. The van der Waals surface area contributed by atoms with Crippen molar-refractivity contribution < 1.29 is 14.6 Å². The standard InChI is InChI=1S/C12H24O3/c1-10(5-4-6-12(2,3)13)9-11-14-7-8-15-11/h10-11,13H,4-9H2,1-3H3/t10-/m0/s1. The Kier molecular flexibility index (Phi) is 5.03. The molecule has 1 N–H and O–H groups in total. The Morgan fingerprint density at radius 3 is 2.47 bits per heavy atom. The van der Waals surface area contributed by atoms with Crippen LogP contribution in [0, 0.1) is 5.92 Å². The Hall–Kier alpha value is -0.120. The van der Waals surface area contributed by atoms with Gasteiger partial charge in [0.2, 0.25) is 0 Å². The van der Waals surface area contributed by atoms with Gasteiger partial charge in [0.15, 0.2) is 6.29 Å². The van der Waals surface area contributed by atoms with Crippen molar-refractivity contribution in [3.8, 4) is 0 Å². The number of aliphatic hydroxyl groups is 1. The summed E-state index contributed by atoms with van der Waals surface area (Å²) in [5.41, 5.74) is -0.528. The van der Waals surface area contributed by atoms with E-state index in [2.05, 4.69) is 6.92 Å². The van der Waals surface area contributed by atoms with Crippen molar-refractivity contribution in [2.24, 2.45) is 5.92 Å². The van der Waals surface area contributed by atoms with Crippen LogP contribution in [-0.4, -0.2) is 30.2 Å². The number of hydrogen-bond donors (Lipinski definition) is 1. The van der Waals surface area contributed by atoms with E-state index in [-0.39, 0.29) is 6.29 Å². The Bertz CT molecular complexity index is 168. The fraction of sp³-hybridized carbons (Fsp3) is 1.00. The van der Waals surface area contributed by atoms with Gasteiger partial charge in [-0.1, -0.05) is 19.8 Å². The third-order valence-electron chi connectivity index (χ3n) is 2.77. The molecule has 0 radical (unpaired) electrons. The van der Waals surface area contributed by atoms with Crippen molar-refractivity contribution in [3.63, 3.8) is 0 Å². The van der Waals surface area contributed by atoms with E-state index in [0.717, 1.165) is 38.9 Å². The summed E-state index contributed by atoms with van der Waals surface area (Å²) in [5.74, 6) is 0.607. The molecule has 3 heteroatoms. The molecule has 0 unspecified atom stereocenters. The molecule has 0 aromatic heterocycles. The van der Waals surface area contributed by atoms with Crippen LogP contribution in [0.2, 0.25) is 0 Å². The van der Waals surface area contributed by atoms with Gasteiger partial charge in [-0.2, -0.15) is 0 Å². The molecule has 0 aliphatic carbocycles. The molecule has 1 rings (SSSR count). The molecule has 1 aliphatic rings. The van der Waals surface area contributed by atoms with E-state index in [1.54, 1.807) is 0 Å². The Labute approximate surface area is 92.8 Å². The molecule has 1 saturated heterocycles. The van der Waals surface area contributed by atoms with Crippen molar-refractivity contribution in [1.29, 1.82) is 0 Å². The molecule has 0 aromatic carbocycles. The van der Waals surface area contributed by atoms with E-state index in [1.807, 2.05) is 13.8 Å². The van der Waals surface area contributed by atoms with Crippen LogP contribution < -0.4 is 0 Å². The summed E-state index contributed by atoms with van der Waals surface area (Å²) < 4.78 is 10.8. The average molecular weight is 216 g/mol. The summed E-state index contributed by atoms with van der Waals surface area (Å²) in [7, 11) is 0. The zero-order valence-corrected chi connectivity index (χ0v) is 10.2. The molecule has 3 nitrogen and oxygen atoms in total. The molecular weight excluding hydrogens is 192 g/mol. The highest BCUT2D eigenvalue weighted by atomic mass is 16.7. The molecule has 0 spiro atoms. The monoisotopic (exact) mass is 216 g/mol. The van der Waals surface area contributed by atoms with E-state index in [4.69, 9.17) is 9.47 Å². The van der Waals surface area contributed by atoms with Gasteiger partial charge in [0.25, 0.3) is 0 Å². The molecule has 1 heterocycles. The van der Waals surface area contributed by atoms with E-state index in [0.29, 0.717) is 5.92 Å². The predicted molar refractivity (Wildman–Crippen MR) is 59.6 cm³/mol. The molecule has 90 valence electrons. The zero-order valence-electron chi connectivity index (χ0n) is 10.2. The lowest BCUT2D eigenvalue weighted by molar-refractivity contribution is -0.0565. The molecule has 0 amide bonds. The van der Waals surface area contributed by atoms with Crippen LogP contribution >= 0.6 is 0 Å². The fourth-order valence-electron chi connectivity index (χ4n) is 1.87. The summed E-state index contributed by atoms with van der Waals surface area (Å²) in [6.07, 6.45) is 4.06. The lowest BCUT2D eigenvalue weighted by Gasteiger charge is -2.19. The Balaban J connectivity index is 2.05. The molecule has 15 heavy (non-hydrogen) atoms. The fourth-order valence-corrected chi connectivity index (χ4v) is 1.87. The minimum absolute atomic E-state index is 0.0159. The SMILES string of the molecule is C[C@@H](CCCC(C)(C)O)CC1OCCO1. The van der Waals surface area contributed by atoms with Crippen LogP contribution in [0.4, 0.5) is 0 Å². The van der Waals surface area contributed by atoms with E-state index >= 15 is 0 Å². The van der Waals surface area contributed by atoms with Crippen LogP contribution in [-0.2, 0) is 9.47 Å². The van der Waals surface area contributed by atoms with Gasteiger partial charge in [0.05, 0.1) is 18.8 Å². The maximum Gasteiger partial charge on any atom is 0.158 e. The summed E-state index contributed by atoms with van der Waals surface area (Å²) in [5, 5.41) is 9.57. The summed E-state index contributed by atoms with van der Waals surface area (Å²) in [4.78, 5) is 0. The van der Waals surface area contributed by atoms with E-state index in [1.165, 1.54) is 0 Å². The van der Waals surface area contributed by atoms with Crippen molar-refractivity contribution in [2.75, 3.05) is 13.2 Å². The zero-order chi connectivity index (χ0) is 11.3. The van der Waals surface area contributed by atoms with Crippen LogP contribution in [0.15, 0.2) is 0 Å². The molecule has 0 aromatic rings. The molecule has 1 aliphatic heterocycles. The first kappa shape index (κ1) is 12.9. The quantitative estimate of drug-likeness (QED) is 0.740. The Morgan fingerprint density at radius 2 is 1.93 bits per heavy atom. The molecule has 1 atom stereocenters. The third kappa shape index (κ3) is 6.13. The van der Waals surface area contributed by atoms with Gasteiger partial charge in [0.1, 0.15) is 0 Å². The van der Waals surface area contributed by atoms with Gasteiger partial charge < -0.3 is 14.6 Å². The van der Waals surface area contributed by atoms with Crippen molar-refractivity contribution in [3.05, 3.63) is 0 Å². The highest BCUT2D eigenvalue weighted by molar-refractivity contribution is 4.67. The molecule has 0 saturated carbocycles. The van der Waals surface area contributed by atoms with Gasteiger partial charge in [-0.3, -0.25) is 0 Å². The Morgan fingerprint density at radius 1 is 1.33 bits per heavy atom. The van der Waals surface area contributed by atoms with Crippen molar-refractivity contribution in [1.82, 2.24) is 0 Å². The summed E-state index contributed by atoms with van der Waals surface area (Å²) in [6.45, 7) is 7.42. The third-order valence-corrected chi connectivity index (χ3v) is 2.77. The normalized spacial score (nSPS) is 20.8. The lowest BCUT2D eigenvalue weighted by atomic mass is 9.95. The van der Waals surface area contributed by atoms with Crippen LogP contribution in [0.25, 0.3) is 0 Å². The van der Waals surface area contributed by atoms with Gasteiger partial charge in [-0.15, -0.1) is 0 Å². The van der Waals surface area contributed by atoms with Gasteiger partial charge in [-0.05, 0) is 26.2 Å². The largest absolute Gasteiger partial charge is 0.390 e. The second-order valence-electron chi connectivity index (χ2n) is 5.22. The molecular formula is C12H24O3. The summed E-state index contributed by atoms with van der Waals surface area (Å²) >= 11 is 0. The number of ether oxygens (including phenoxy) is 2. The van der Waals surface area contributed by atoms with E-state index < -0.39 is 5.60 Å². The minimum Gasteiger partial charge on any atom is -0.390 e. The molecule has 1 fully saturated rings. The average Bonchev–Trinajstić information content (AvgIpc) is 2.54. The summed E-state index contributed by atoms with van der Waals surface area (Å²) in [6, 6.07) is 0. The highest BCUT2D eigenvalue weighted by Gasteiger charge is 2.19. The van der Waals surface area contributed by atoms with Gasteiger partial charge >= 0.3 is 0 Å². The number of rotatable bonds is 6. The molecule has 0 bridgehead atoms. The highest BCUT2D eigenvalue weighted by Crippen LogP contribution is 2.21. The van der Waals surface area contributed by atoms with Crippen LogP contribution in [0.3, 0.4) is 0 Å². The minimum atomic E-state index is -0.528. The van der Waals surface area contributed by atoms with Crippen molar-refractivity contribution >= 4 is 0 Å². The lowest BCUT2D eigenvalue weighted by Crippen LogP contribution is -2.19. The van der Waals surface area contributed by atoms with Gasteiger partial charge in [-0.25, -0.2) is 0 Å². The second-order valence-corrected chi connectivity index (χ2v) is 5.22.